The van der Waals surface area contributed by atoms with Gasteiger partial charge in [-0.15, -0.1) is 0 Å². The predicted octanol–water partition coefficient (Wildman–Crippen LogP) is 3.18. The summed E-state index contributed by atoms with van der Waals surface area (Å²) in [6.45, 7) is 2.05. The van der Waals surface area contributed by atoms with Crippen molar-refractivity contribution in [3.63, 3.8) is 0 Å². The zero-order valence-electron chi connectivity index (χ0n) is 13.1. The largest absolute Gasteiger partial charge is 0.368 e. The molecule has 1 saturated carbocycles. The molecule has 1 fully saturated rings. The molecular weight excluding hydrogens is 260 g/mol. The first-order chi connectivity index (χ1) is 10.2. The highest BCUT2D eigenvalue weighted by atomic mass is 16.1. The second kappa shape index (κ2) is 7.60. The minimum Gasteiger partial charge on any atom is -0.368 e. The lowest BCUT2D eigenvalue weighted by molar-refractivity contribution is -0.125. The molecule has 0 aliphatic heterocycles. The molecule has 0 aromatic heterocycles. The van der Waals surface area contributed by atoms with Crippen LogP contribution in [0.1, 0.15) is 57.4 Å². The first-order valence-electron chi connectivity index (χ1n) is 8.28. The van der Waals surface area contributed by atoms with Crippen LogP contribution in [-0.4, -0.2) is 17.5 Å². The van der Waals surface area contributed by atoms with E-state index in [9.17, 15) is 4.79 Å². The Bertz CT molecular complexity index is 438. The van der Waals surface area contributed by atoms with Gasteiger partial charge in [-0.05, 0) is 31.2 Å². The van der Waals surface area contributed by atoms with Gasteiger partial charge < -0.3 is 11.1 Å². The summed E-state index contributed by atoms with van der Waals surface area (Å²) in [6.07, 6.45) is 8.85. The number of benzene rings is 1. The molecule has 0 radical (unpaired) electrons. The van der Waals surface area contributed by atoms with Crippen LogP contribution >= 0.6 is 0 Å². The van der Waals surface area contributed by atoms with Gasteiger partial charge in [-0.2, -0.15) is 0 Å². The molecule has 0 heterocycles. The van der Waals surface area contributed by atoms with Crippen LogP contribution < -0.4 is 11.1 Å². The highest BCUT2D eigenvalue weighted by molar-refractivity contribution is 5.85. The maximum absolute atomic E-state index is 12.2. The minimum atomic E-state index is -0.615. The number of hydrogen-bond donors (Lipinski definition) is 2. The molecule has 2 rings (SSSR count). The average Bonchev–Trinajstić information content (AvgIpc) is 2.76. The molecular formula is C18H28N2O. The fourth-order valence-electron chi connectivity index (χ4n) is 3.37. The van der Waals surface area contributed by atoms with Crippen LogP contribution in [0, 0.1) is 0 Å². The van der Waals surface area contributed by atoms with Crippen LogP contribution in [0.3, 0.4) is 0 Å². The number of nitrogens with two attached hydrogens (primary N) is 1. The van der Waals surface area contributed by atoms with E-state index in [-0.39, 0.29) is 5.91 Å². The monoisotopic (exact) mass is 288 g/mol. The fraction of sp³-hybridized carbons (Fsp3) is 0.611. The molecule has 3 N–H and O–H groups in total. The lowest BCUT2D eigenvalue weighted by atomic mass is 9.85. The van der Waals surface area contributed by atoms with Crippen LogP contribution in [0.5, 0.6) is 0 Å². The molecule has 0 spiro atoms. The van der Waals surface area contributed by atoms with Crippen LogP contribution in [0.2, 0.25) is 0 Å². The van der Waals surface area contributed by atoms with Gasteiger partial charge in [0.15, 0.2) is 0 Å². The quantitative estimate of drug-likeness (QED) is 0.790. The summed E-state index contributed by atoms with van der Waals surface area (Å²) in [7, 11) is 0. The fourth-order valence-corrected chi connectivity index (χ4v) is 3.37. The standard InChI is InChI=1S/C18H28N2O/c1-2-18(17(19)21,14-15-10-6-5-7-11-15)20-16-12-8-3-4-9-13-16/h5-7,10-11,16,20H,2-4,8-9,12-14H2,1H3,(H2,19,21). The highest BCUT2D eigenvalue weighted by Gasteiger charge is 2.36. The summed E-state index contributed by atoms with van der Waals surface area (Å²) < 4.78 is 0. The lowest BCUT2D eigenvalue weighted by Crippen LogP contribution is -2.59. The molecule has 21 heavy (non-hydrogen) atoms. The van der Waals surface area contributed by atoms with Crippen LogP contribution in [-0.2, 0) is 11.2 Å². The van der Waals surface area contributed by atoms with E-state index in [2.05, 4.69) is 24.4 Å². The molecule has 0 saturated heterocycles. The van der Waals surface area contributed by atoms with E-state index in [1.54, 1.807) is 0 Å². The lowest BCUT2D eigenvalue weighted by Gasteiger charge is -2.35. The van der Waals surface area contributed by atoms with E-state index in [0.717, 1.165) is 19.3 Å². The molecule has 1 aliphatic carbocycles. The summed E-state index contributed by atoms with van der Waals surface area (Å²) in [5.41, 5.74) is 6.34. The van der Waals surface area contributed by atoms with Gasteiger partial charge in [-0.3, -0.25) is 4.79 Å². The van der Waals surface area contributed by atoms with Gasteiger partial charge in [0, 0.05) is 6.04 Å². The zero-order chi connectivity index (χ0) is 15.1. The van der Waals surface area contributed by atoms with Crippen molar-refractivity contribution in [3.05, 3.63) is 35.9 Å². The molecule has 1 amide bonds. The van der Waals surface area contributed by atoms with E-state index >= 15 is 0 Å². The van der Waals surface area contributed by atoms with Crippen molar-refractivity contribution < 1.29 is 4.79 Å². The Kier molecular flexibility index (Phi) is 5.80. The smallest absolute Gasteiger partial charge is 0.238 e. The molecule has 3 nitrogen and oxygen atoms in total. The maximum atomic E-state index is 12.2. The van der Waals surface area contributed by atoms with Crippen LogP contribution in [0.15, 0.2) is 30.3 Å². The number of amides is 1. The van der Waals surface area contributed by atoms with Crippen molar-refractivity contribution in [2.45, 2.75) is 69.9 Å². The third-order valence-electron chi connectivity index (χ3n) is 4.76. The molecule has 1 unspecified atom stereocenters. The SMILES string of the molecule is CCC(Cc1ccccc1)(NC1CCCCCC1)C(N)=O. The number of rotatable bonds is 6. The van der Waals surface area contributed by atoms with Gasteiger partial charge in [0.05, 0.1) is 0 Å². The van der Waals surface area contributed by atoms with E-state index in [4.69, 9.17) is 5.73 Å². The second-order valence-corrected chi connectivity index (χ2v) is 6.30. The number of primary amides is 1. The highest BCUT2D eigenvalue weighted by Crippen LogP contribution is 2.23. The molecule has 3 heteroatoms. The van der Waals surface area contributed by atoms with Crippen LogP contribution in [0.25, 0.3) is 0 Å². The first-order valence-corrected chi connectivity index (χ1v) is 8.28. The van der Waals surface area contributed by atoms with E-state index in [1.807, 2.05) is 18.2 Å². The maximum Gasteiger partial charge on any atom is 0.238 e. The molecule has 1 aromatic carbocycles. The Morgan fingerprint density at radius 1 is 1.19 bits per heavy atom. The van der Waals surface area contributed by atoms with Gasteiger partial charge >= 0.3 is 0 Å². The topological polar surface area (TPSA) is 55.1 Å². The van der Waals surface area contributed by atoms with E-state index in [0.29, 0.717) is 12.5 Å². The van der Waals surface area contributed by atoms with Crippen molar-refractivity contribution in [2.75, 3.05) is 0 Å². The first kappa shape index (κ1) is 16.0. The minimum absolute atomic E-state index is 0.224. The third kappa shape index (κ3) is 4.31. The Labute approximate surface area is 128 Å². The van der Waals surface area contributed by atoms with Crippen molar-refractivity contribution in [2.24, 2.45) is 5.73 Å². The van der Waals surface area contributed by atoms with Gasteiger partial charge in [0.25, 0.3) is 0 Å². The molecule has 1 aliphatic rings. The van der Waals surface area contributed by atoms with E-state index in [1.165, 1.54) is 31.2 Å². The summed E-state index contributed by atoms with van der Waals surface area (Å²) >= 11 is 0. The summed E-state index contributed by atoms with van der Waals surface area (Å²) in [5.74, 6) is -0.224. The molecule has 1 atom stereocenters. The van der Waals surface area contributed by atoms with Crippen molar-refractivity contribution >= 4 is 5.91 Å². The van der Waals surface area contributed by atoms with Crippen molar-refractivity contribution in [1.29, 1.82) is 0 Å². The normalized spacial score (nSPS) is 19.7. The predicted molar refractivity (Wildman–Crippen MR) is 87.0 cm³/mol. The molecule has 116 valence electrons. The summed E-state index contributed by atoms with van der Waals surface area (Å²) in [5, 5.41) is 3.63. The van der Waals surface area contributed by atoms with Crippen molar-refractivity contribution in [3.8, 4) is 0 Å². The number of nitrogens with one attached hydrogen (secondary N) is 1. The van der Waals surface area contributed by atoms with Gasteiger partial charge in [0.1, 0.15) is 5.54 Å². The Hall–Kier alpha value is -1.35. The molecule has 1 aromatic rings. The summed E-state index contributed by atoms with van der Waals surface area (Å²) in [4.78, 5) is 12.2. The number of hydrogen-bond acceptors (Lipinski definition) is 2. The van der Waals surface area contributed by atoms with Crippen LogP contribution in [0.4, 0.5) is 0 Å². The Morgan fingerprint density at radius 2 is 1.81 bits per heavy atom. The average molecular weight is 288 g/mol. The summed E-state index contributed by atoms with van der Waals surface area (Å²) in [6, 6.07) is 10.6. The molecule has 0 bridgehead atoms. The van der Waals surface area contributed by atoms with Gasteiger partial charge in [0.2, 0.25) is 5.91 Å². The van der Waals surface area contributed by atoms with Gasteiger partial charge in [-0.1, -0.05) is 62.9 Å². The number of carbonyl (C=O) groups excluding carboxylic acids is 1. The zero-order valence-corrected chi connectivity index (χ0v) is 13.1. The van der Waals surface area contributed by atoms with Gasteiger partial charge in [-0.25, -0.2) is 0 Å². The second-order valence-electron chi connectivity index (χ2n) is 6.30. The third-order valence-corrected chi connectivity index (χ3v) is 4.76. The number of carbonyl (C=O) groups is 1. The Morgan fingerprint density at radius 3 is 2.33 bits per heavy atom. The Balaban J connectivity index is 2.13. The van der Waals surface area contributed by atoms with E-state index < -0.39 is 5.54 Å². The van der Waals surface area contributed by atoms with Crippen molar-refractivity contribution in [1.82, 2.24) is 5.32 Å².